The van der Waals surface area contributed by atoms with Crippen molar-refractivity contribution in [3.63, 3.8) is 0 Å². The largest absolute Gasteiger partial charge is 0.254 e. The first-order valence-electron chi connectivity index (χ1n) is 20.0. The number of hydrogen-bond acceptors (Lipinski definition) is 5. The summed E-state index contributed by atoms with van der Waals surface area (Å²) in [4.78, 5) is 24.8. The molecule has 0 unspecified atom stereocenters. The van der Waals surface area contributed by atoms with E-state index in [2.05, 4.69) is 146 Å². The molecule has 3 aromatic heterocycles. The molecule has 0 saturated heterocycles. The van der Waals surface area contributed by atoms with Gasteiger partial charge in [-0.3, -0.25) is 9.97 Å². The highest BCUT2D eigenvalue weighted by Gasteiger charge is 2.36. The highest BCUT2D eigenvalue weighted by molar-refractivity contribution is 6.11. The van der Waals surface area contributed by atoms with Crippen LogP contribution in [0.5, 0.6) is 0 Å². The van der Waals surface area contributed by atoms with Gasteiger partial charge in [0.25, 0.3) is 0 Å². The number of fused-ring (bicyclic) bond motifs is 6. The molecular weight excluding hydrogens is 719 g/mol. The van der Waals surface area contributed by atoms with Crippen LogP contribution in [0.25, 0.3) is 100 Å². The van der Waals surface area contributed by atoms with Crippen LogP contribution in [0.15, 0.2) is 188 Å². The van der Waals surface area contributed by atoms with Crippen molar-refractivity contribution in [1.29, 1.82) is 0 Å². The minimum absolute atomic E-state index is 0.125. The number of rotatable bonds is 6. The van der Waals surface area contributed by atoms with Crippen molar-refractivity contribution < 1.29 is 0 Å². The highest BCUT2D eigenvalue weighted by Crippen LogP contribution is 2.52. The first-order valence-corrected chi connectivity index (χ1v) is 20.0. The first-order chi connectivity index (χ1) is 29.0. The molecule has 7 aromatic carbocycles. The number of pyridine rings is 2. The van der Waals surface area contributed by atoms with Crippen LogP contribution >= 0.6 is 0 Å². The second kappa shape index (κ2) is 13.8. The normalized spacial score (nSPS) is 12.7. The minimum atomic E-state index is -0.125. The predicted octanol–water partition coefficient (Wildman–Crippen LogP) is 13.3. The van der Waals surface area contributed by atoms with Crippen LogP contribution < -0.4 is 0 Å². The summed E-state index contributed by atoms with van der Waals surface area (Å²) < 4.78 is 0. The van der Waals surface area contributed by atoms with Crippen LogP contribution in [0.1, 0.15) is 25.0 Å². The Morgan fingerprint density at radius 1 is 0.390 bits per heavy atom. The Morgan fingerprint density at radius 2 is 0.966 bits per heavy atom. The zero-order valence-corrected chi connectivity index (χ0v) is 32.6. The van der Waals surface area contributed by atoms with E-state index in [1.807, 2.05) is 60.9 Å². The van der Waals surface area contributed by atoms with Crippen LogP contribution in [0, 0.1) is 0 Å². The van der Waals surface area contributed by atoms with Gasteiger partial charge in [0.15, 0.2) is 17.5 Å². The van der Waals surface area contributed by atoms with Crippen LogP contribution in [0.3, 0.4) is 0 Å². The lowest BCUT2D eigenvalue weighted by molar-refractivity contribution is 0.660. The van der Waals surface area contributed by atoms with Gasteiger partial charge in [-0.05, 0) is 86.0 Å². The van der Waals surface area contributed by atoms with Crippen LogP contribution in [-0.4, -0.2) is 24.9 Å². The maximum Gasteiger partial charge on any atom is 0.164 e. The van der Waals surface area contributed by atoms with Gasteiger partial charge in [-0.2, -0.15) is 0 Å². The molecule has 0 bridgehead atoms. The molecule has 3 heterocycles. The van der Waals surface area contributed by atoms with Crippen molar-refractivity contribution in [1.82, 2.24) is 24.9 Å². The van der Waals surface area contributed by atoms with E-state index in [0.717, 1.165) is 66.3 Å². The average molecular weight is 756 g/mol. The van der Waals surface area contributed by atoms with Gasteiger partial charge in [-0.25, -0.2) is 15.0 Å². The highest BCUT2D eigenvalue weighted by atomic mass is 15.0. The third-order valence-electron chi connectivity index (χ3n) is 11.8. The Labute approximate surface area is 342 Å². The van der Waals surface area contributed by atoms with Crippen molar-refractivity contribution in [3.8, 4) is 78.7 Å². The molecule has 1 aliphatic carbocycles. The van der Waals surface area contributed by atoms with E-state index in [-0.39, 0.29) is 5.41 Å². The summed E-state index contributed by atoms with van der Waals surface area (Å²) >= 11 is 0. The maximum absolute atomic E-state index is 5.17. The lowest BCUT2D eigenvalue weighted by atomic mass is 9.82. The topological polar surface area (TPSA) is 64.5 Å². The summed E-state index contributed by atoms with van der Waals surface area (Å²) in [6, 6.07) is 61.9. The summed E-state index contributed by atoms with van der Waals surface area (Å²) in [5.41, 5.74) is 16.4. The van der Waals surface area contributed by atoms with Crippen LogP contribution in [-0.2, 0) is 5.41 Å². The monoisotopic (exact) mass is 755 g/mol. The molecule has 0 saturated carbocycles. The molecule has 0 atom stereocenters. The van der Waals surface area contributed by atoms with Crippen molar-refractivity contribution in [2.75, 3.05) is 0 Å². The van der Waals surface area contributed by atoms with Crippen molar-refractivity contribution in [2.45, 2.75) is 19.3 Å². The van der Waals surface area contributed by atoms with Gasteiger partial charge in [-0.1, -0.05) is 159 Å². The maximum atomic E-state index is 5.17. The predicted molar refractivity (Wildman–Crippen MR) is 241 cm³/mol. The van der Waals surface area contributed by atoms with E-state index in [9.17, 15) is 0 Å². The van der Waals surface area contributed by atoms with Gasteiger partial charge in [-0.15, -0.1) is 0 Å². The molecule has 5 nitrogen and oxygen atoms in total. The van der Waals surface area contributed by atoms with Gasteiger partial charge < -0.3 is 0 Å². The van der Waals surface area contributed by atoms with E-state index in [0.29, 0.717) is 17.5 Å². The van der Waals surface area contributed by atoms with Crippen molar-refractivity contribution in [2.24, 2.45) is 0 Å². The van der Waals surface area contributed by atoms with E-state index in [1.165, 1.54) is 27.8 Å². The third-order valence-corrected chi connectivity index (χ3v) is 11.8. The molecule has 1 aliphatic rings. The molecule has 0 aliphatic heterocycles. The smallest absolute Gasteiger partial charge is 0.164 e. The molecule has 0 amide bonds. The van der Waals surface area contributed by atoms with Crippen molar-refractivity contribution >= 4 is 21.8 Å². The number of benzene rings is 7. The summed E-state index contributed by atoms with van der Waals surface area (Å²) in [6.45, 7) is 4.66. The standard InChI is InChI=1S/C54H37N5/c1-54(2)45-22-10-9-19-44(45)49-43(21-12-23-46(49)54)40-30-39(34-25-27-35(28-26-34)42-20-11-18-38-33-56-47-24-13-29-55-50(47)48(38)42)31-41(32-40)53-58-51(36-14-5-3-6-15-36)57-52(59-53)37-16-7-4-8-17-37/h3-33H,1-2H3. The van der Waals surface area contributed by atoms with E-state index in [1.54, 1.807) is 0 Å². The van der Waals surface area contributed by atoms with Gasteiger partial charge >= 0.3 is 0 Å². The number of hydrogen-bond donors (Lipinski definition) is 0. The molecule has 0 N–H and O–H groups in total. The Hall–Kier alpha value is -7.63. The molecule has 10 aromatic rings. The Morgan fingerprint density at radius 3 is 1.71 bits per heavy atom. The lowest BCUT2D eigenvalue weighted by Gasteiger charge is -2.21. The van der Waals surface area contributed by atoms with E-state index >= 15 is 0 Å². The molecule has 59 heavy (non-hydrogen) atoms. The second-order valence-corrected chi connectivity index (χ2v) is 15.7. The lowest BCUT2D eigenvalue weighted by Crippen LogP contribution is -2.14. The second-order valence-electron chi connectivity index (χ2n) is 15.7. The summed E-state index contributed by atoms with van der Waals surface area (Å²) in [5, 5.41) is 2.17. The Bertz CT molecular complexity index is 3170. The molecule has 278 valence electrons. The van der Waals surface area contributed by atoms with Crippen LogP contribution in [0.4, 0.5) is 0 Å². The zero-order chi connectivity index (χ0) is 39.5. The molecule has 0 radical (unpaired) electrons. The number of aromatic nitrogens is 5. The van der Waals surface area contributed by atoms with Crippen molar-refractivity contribution in [3.05, 3.63) is 199 Å². The summed E-state index contributed by atoms with van der Waals surface area (Å²) in [7, 11) is 0. The minimum Gasteiger partial charge on any atom is -0.254 e. The van der Waals surface area contributed by atoms with Crippen LogP contribution in [0.2, 0.25) is 0 Å². The van der Waals surface area contributed by atoms with E-state index in [4.69, 9.17) is 19.9 Å². The molecule has 5 heteroatoms. The first kappa shape index (κ1) is 34.6. The van der Waals surface area contributed by atoms with Gasteiger partial charge in [0.1, 0.15) is 0 Å². The fraction of sp³-hybridized carbons (Fsp3) is 0.0556. The Balaban J connectivity index is 1.12. The zero-order valence-electron chi connectivity index (χ0n) is 32.6. The molecule has 0 fully saturated rings. The van der Waals surface area contributed by atoms with Gasteiger partial charge in [0.2, 0.25) is 0 Å². The molecule has 11 rings (SSSR count). The third kappa shape index (κ3) is 5.90. The Kier molecular flexibility index (Phi) is 8.09. The van der Waals surface area contributed by atoms with Gasteiger partial charge in [0, 0.05) is 45.3 Å². The number of nitrogens with zero attached hydrogens (tertiary/aromatic N) is 5. The summed E-state index contributed by atoms with van der Waals surface area (Å²) in [6.07, 6.45) is 3.78. The SMILES string of the molecule is CC1(C)c2ccccc2-c2c(-c3cc(-c4ccc(-c5cccc6cnc7cccnc7c56)cc4)cc(-c4nc(-c5ccccc5)nc(-c5ccccc5)n4)c3)cccc21. The fourth-order valence-electron chi connectivity index (χ4n) is 8.87. The summed E-state index contributed by atoms with van der Waals surface area (Å²) in [5.74, 6) is 1.89. The average Bonchev–Trinajstić information content (AvgIpc) is 3.55. The quantitative estimate of drug-likeness (QED) is 0.158. The molecular formula is C54H37N5. The van der Waals surface area contributed by atoms with Gasteiger partial charge in [0.05, 0.1) is 11.0 Å². The van der Waals surface area contributed by atoms with E-state index < -0.39 is 0 Å². The fourth-order valence-corrected chi connectivity index (χ4v) is 8.87. The molecule has 0 spiro atoms.